The Morgan fingerprint density at radius 2 is 2.35 bits per heavy atom. The van der Waals surface area contributed by atoms with Crippen molar-refractivity contribution in [3.8, 4) is 5.75 Å². The average Bonchev–Trinajstić information content (AvgIpc) is 2.38. The van der Waals surface area contributed by atoms with E-state index in [-0.39, 0.29) is 0 Å². The normalized spacial score (nSPS) is 20.0. The molecule has 1 heterocycles. The summed E-state index contributed by atoms with van der Waals surface area (Å²) >= 11 is 0. The van der Waals surface area contributed by atoms with Gasteiger partial charge in [0.05, 0.1) is 19.4 Å². The number of anilines is 1. The van der Waals surface area contributed by atoms with E-state index in [2.05, 4.69) is 24.4 Å². The lowest BCUT2D eigenvalue weighted by atomic mass is 10.0. The van der Waals surface area contributed by atoms with Crippen LogP contribution in [0.3, 0.4) is 0 Å². The van der Waals surface area contributed by atoms with Crippen molar-refractivity contribution in [2.45, 2.75) is 19.8 Å². The molecular weight excluding hydrogens is 214 g/mol. The first-order valence-electron chi connectivity index (χ1n) is 6.26. The highest BCUT2D eigenvalue weighted by Gasteiger charge is 2.14. The first-order valence-corrected chi connectivity index (χ1v) is 6.26. The van der Waals surface area contributed by atoms with Crippen LogP contribution in [0, 0.1) is 12.8 Å². The Labute approximate surface area is 103 Å². The maximum Gasteiger partial charge on any atom is 0.141 e. The Morgan fingerprint density at radius 3 is 3.06 bits per heavy atom. The standard InChI is InChI=1S/C14H21NO2/c1-11-5-6-14(16-2)13(8-11)15-9-12-4-3-7-17-10-12/h5-6,8,12,15H,3-4,7,9-10H2,1-2H3. The van der Waals surface area contributed by atoms with Gasteiger partial charge in [-0.25, -0.2) is 0 Å². The number of aryl methyl sites for hydroxylation is 1. The van der Waals surface area contributed by atoms with Crippen LogP contribution in [-0.2, 0) is 4.74 Å². The SMILES string of the molecule is COc1ccc(C)cc1NCC1CCCOC1. The summed E-state index contributed by atoms with van der Waals surface area (Å²) in [5.41, 5.74) is 2.33. The summed E-state index contributed by atoms with van der Waals surface area (Å²) in [4.78, 5) is 0. The van der Waals surface area contributed by atoms with Crippen molar-refractivity contribution >= 4 is 5.69 Å². The van der Waals surface area contributed by atoms with Gasteiger partial charge in [0.1, 0.15) is 5.75 Å². The van der Waals surface area contributed by atoms with Gasteiger partial charge in [-0.15, -0.1) is 0 Å². The molecule has 1 aliphatic heterocycles. The highest BCUT2D eigenvalue weighted by atomic mass is 16.5. The number of rotatable bonds is 4. The van der Waals surface area contributed by atoms with Gasteiger partial charge >= 0.3 is 0 Å². The maximum atomic E-state index is 5.48. The smallest absolute Gasteiger partial charge is 0.141 e. The molecule has 0 saturated carbocycles. The molecule has 1 aliphatic rings. The summed E-state index contributed by atoms with van der Waals surface area (Å²) in [6.45, 7) is 4.85. The van der Waals surface area contributed by atoms with E-state index in [4.69, 9.17) is 9.47 Å². The molecule has 2 rings (SSSR count). The lowest BCUT2D eigenvalue weighted by Gasteiger charge is -2.23. The summed E-state index contributed by atoms with van der Waals surface area (Å²) in [6.07, 6.45) is 2.43. The van der Waals surface area contributed by atoms with Crippen molar-refractivity contribution in [3.63, 3.8) is 0 Å². The minimum Gasteiger partial charge on any atom is -0.495 e. The number of nitrogens with one attached hydrogen (secondary N) is 1. The molecule has 1 aromatic rings. The van der Waals surface area contributed by atoms with Gasteiger partial charge in [-0.3, -0.25) is 0 Å². The van der Waals surface area contributed by atoms with Crippen LogP contribution in [0.1, 0.15) is 18.4 Å². The van der Waals surface area contributed by atoms with E-state index in [0.717, 1.165) is 31.2 Å². The van der Waals surface area contributed by atoms with Crippen molar-refractivity contribution < 1.29 is 9.47 Å². The van der Waals surface area contributed by atoms with Gasteiger partial charge in [-0.1, -0.05) is 6.07 Å². The minimum absolute atomic E-state index is 0.619. The van der Waals surface area contributed by atoms with Crippen molar-refractivity contribution in [2.24, 2.45) is 5.92 Å². The van der Waals surface area contributed by atoms with E-state index < -0.39 is 0 Å². The van der Waals surface area contributed by atoms with E-state index in [1.807, 2.05) is 6.07 Å². The van der Waals surface area contributed by atoms with Crippen LogP contribution in [0.2, 0.25) is 0 Å². The predicted molar refractivity (Wildman–Crippen MR) is 69.8 cm³/mol. The molecule has 1 unspecified atom stereocenters. The molecule has 0 amide bonds. The van der Waals surface area contributed by atoms with E-state index in [9.17, 15) is 0 Å². The van der Waals surface area contributed by atoms with Crippen LogP contribution >= 0.6 is 0 Å². The second-order valence-corrected chi connectivity index (χ2v) is 4.67. The maximum absolute atomic E-state index is 5.48. The molecule has 1 saturated heterocycles. The Bertz CT molecular complexity index is 359. The molecule has 0 radical (unpaired) electrons. The number of methoxy groups -OCH3 is 1. The Hall–Kier alpha value is -1.22. The van der Waals surface area contributed by atoms with E-state index >= 15 is 0 Å². The molecule has 94 valence electrons. The largest absolute Gasteiger partial charge is 0.495 e. The summed E-state index contributed by atoms with van der Waals surface area (Å²) in [7, 11) is 1.71. The van der Waals surface area contributed by atoms with Crippen LogP contribution in [0.15, 0.2) is 18.2 Å². The summed E-state index contributed by atoms with van der Waals surface area (Å²) in [5.74, 6) is 1.53. The van der Waals surface area contributed by atoms with Gasteiger partial charge in [0.25, 0.3) is 0 Å². The van der Waals surface area contributed by atoms with Crippen molar-refractivity contribution in [1.82, 2.24) is 0 Å². The fourth-order valence-corrected chi connectivity index (χ4v) is 2.18. The van der Waals surface area contributed by atoms with Crippen molar-refractivity contribution in [1.29, 1.82) is 0 Å². The van der Waals surface area contributed by atoms with Crippen LogP contribution in [-0.4, -0.2) is 26.9 Å². The van der Waals surface area contributed by atoms with Gasteiger partial charge < -0.3 is 14.8 Å². The molecular formula is C14H21NO2. The first kappa shape index (κ1) is 12.2. The molecule has 0 aliphatic carbocycles. The minimum atomic E-state index is 0.619. The Kier molecular flexibility index (Phi) is 4.26. The van der Waals surface area contributed by atoms with E-state index in [0.29, 0.717) is 5.92 Å². The molecule has 1 fully saturated rings. The summed E-state index contributed by atoms with van der Waals surface area (Å²) < 4.78 is 10.8. The van der Waals surface area contributed by atoms with Crippen LogP contribution < -0.4 is 10.1 Å². The number of hydrogen-bond donors (Lipinski definition) is 1. The highest BCUT2D eigenvalue weighted by molar-refractivity contribution is 5.57. The molecule has 1 aromatic carbocycles. The van der Waals surface area contributed by atoms with Crippen LogP contribution in [0.5, 0.6) is 5.75 Å². The molecule has 3 nitrogen and oxygen atoms in total. The topological polar surface area (TPSA) is 30.5 Å². The van der Waals surface area contributed by atoms with Crippen LogP contribution in [0.25, 0.3) is 0 Å². The number of ether oxygens (including phenoxy) is 2. The third-order valence-electron chi connectivity index (χ3n) is 3.19. The molecule has 17 heavy (non-hydrogen) atoms. The third kappa shape index (κ3) is 3.37. The zero-order valence-corrected chi connectivity index (χ0v) is 10.7. The van der Waals surface area contributed by atoms with Crippen LogP contribution in [0.4, 0.5) is 5.69 Å². The van der Waals surface area contributed by atoms with E-state index in [1.165, 1.54) is 18.4 Å². The highest BCUT2D eigenvalue weighted by Crippen LogP contribution is 2.26. The zero-order valence-electron chi connectivity index (χ0n) is 10.7. The van der Waals surface area contributed by atoms with Gasteiger partial charge in [-0.05, 0) is 43.4 Å². The Balaban J connectivity index is 1.95. The predicted octanol–water partition coefficient (Wildman–Crippen LogP) is 2.84. The van der Waals surface area contributed by atoms with Crippen molar-refractivity contribution in [3.05, 3.63) is 23.8 Å². The summed E-state index contributed by atoms with van der Waals surface area (Å²) in [6, 6.07) is 6.20. The van der Waals surface area contributed by atoms with Gasteiger partial charge in [0.2, 0.25) is 0 Å². The molecule has 1 atom stereocenters. The monoisotopic (exact) mass is 235 g/mol. The lowest BCUT2D eigenvalue weighted by molar-refractivity contribution is 0.0595. The molecule has 0 spiro atoms. The first-order chi connectivity index (χ1) is 8.29. The quantitative estimate of drug-likeness (QED) is 0.870. The van der Waals surface area contributed by atoms with Gasteiger partial charge in [0, 0.05) is 13.2 Å². The summed E-state index contributed by atoms with van der Waals surface area (Å²) in [5, 5.41) is 3.47. The second-order valence-electron chi connectivity index (χ2n) is 4.67. The second kappa shape index (κ2) is 5.92. The fourth-order valence-electron chi connectivity index (χ4n) is 2.18. The van der Waals surface area contributed by atoms with Crippen molar-refractivity contribution in [2.75, 3.05) is 32.2 Å². The van der Waals surface area contributed by atoms with Gasteiger partial charge in [-0.2, -0.15) is 0 Å². The average molecular weight is 235 g/mol. The molecule has 1 N–H and O–H groups in total. The van der Waals surface area contributed by atoms with E-state index in [1.54, 1.807) is 7.11 Å². The number of hydrogen-bond acceptors (Lipinski definition) is 3. The Morgan fingerprint density at radius 1 is 1.47 bits per heavy atom. The number of benzene rings is 1. The zero-order chi connectivity index (χ0) is 12.1. The molecule has 0 aromatic heterocycles. The van der Waals surface area contributed by atoms with Gasteiger partial charge in [0.15, 0.2) is 0 Å². The third-order valence-corrected chi connectivity index (χ3v) is 3.19. The molecule has 3 heteroatoms. The molecule has 0 bridgehead atoms. The lowest BCUT2D eigenvalue weighted by Crippen LogP contribution is -2.24. The fraction of sp³-hybridized carbons (Fsp3) is 0.571.